The number of amides is 1. The van der Waals surface area contributed by atoms with Gasteiger partial charge in [0.15, 0.2) is 0 Å². The van der Waals surface area contributed by atoms with E-state index < -0.39 is 0 Å². The van der Waals surface area contributed by atoms with Crippen LogP contribution in [0, 0.1) is 6.92 Å². The van der Waals surface area contributed by atoms with Crippen molar-refractivity contribution in [3.63, 3.8) is 0 Å². The van der Waals surface area contributed by atoms with Gasteiger partial charge in [-0.1, -0.05) is 28.9 Å². The number of aryl methyl sites for hydroxylation is 1. The molecule has 92 valence electrons. The third kappa shape index (κ3) is 2.89. The van der Waals surface area contributed by atoms with E-state index in [1.807, 2.05) is 30.0 Å². The molecule has 0 unspecified atom stereocenters. The highest BCUT2D eigenvalue weighted by molar-refractivity contribution is 9.10. The molecular weight excluding hydrogens is 278 g/mol. The van der Waals surface area contributed by atoms with Crippen molar-refractivity contribution in [1.82, 2.24) is 4.90 Å². The van der Waals surface area contributed by atoms with Crippen LogP contribution in [-0.4, -0.2) is 23.4 Å². The van der Waals surface area contributed by atoms with E-state index in [2.05, 4.69) is 22.9 Å². The Balaban J connectivity index is 2.24. The molecule has 0 atom stereocenters. The van der Waals surface area contributed by atoms with E-state index in [1.165, 1.54) is 12.8 Å². The van der Waals surface area contributed by atoms with Gasteiger partial charge in [0.05, 0.1) is 0 Å². The summed E-state index contributed by atoms with van der Waals surface area (Å²) in [4.78, 5) is 14.5. The minimum atomic E-state index is 0.188. The van der Waals surface area contributed by atoms with Crippen LogP contribution in [0.5, 0.6) is 0 Å². The van der Waals surface area contributed by atoms with Crippen molar-refractivity contribution in [2.24, 2.45) is 0 Å². The number of carbonyl (C=O) groups excluding carboxylic acids is 1. The number of nitrogens with zero attached hydrogens (tertiary/aromatic N) is 1. The number of benzene rings is 1. The summed E-state index contributed by atoms with van der Waals surface area (Å²) in [5.74, 6) is 0.188. The Hall–Kier alpha value is -0.830. The van der Waals surface area contributed by atoms with Gasteiger partial charge in [-0.15, -0.1) is 0 Å². The monoisotopic (exact) mass is 295 g/mol. The second-order valence-electron chi connectivity index (χ2n) is 4.69. The topological polar surface area (TPSA) is 20.3 Å². The summed E-state index contributed by atoms with van der Waals surface area (Å²) in [5, 5.41) is 0. The molecule has 0 heterocycles. The van der Waals surface area contributed by atoms with Crippen LogP contribution < -0.4 is 0 Å². The maximum atomic E-state index is 12.5. The third-order valence-electron chi connectivity index (χ3n) is 3.14. The van der Waals surface area contributed by atoms with Gasteiger partial charge in [-0.05, 0) is 43.9 Å². The largest absolute Gasteiger partial charge is 0.336 e. The number of carbonyl (C=O) groups is 1. The van der Waals surface area contributed by atoms with Crippen LogP contribution in [0.25, 0.3) is 0 Å². The van der Waals surface area contributed by atoms with Crippen LogP contribution in [0.1, 0.15) is 42.1 Å². The first-order valence-corrected chi connectivity index (χ1v) is 7.00. The molecule has 0 spiro atoms. The molecule has 3 heteroatoms. The van der Waals surface area contributed by atoms with Crippen molar-refractivity contribution in [2.45, 2.75) is 39.2 Å². The van der Waals surface area contributed by atoms with Gasteiger partial charge in [-0.3, -0.25) is 4.79 Å². The zero-order valence-electron chi connectivity index (χ0n) is 10.4. The van der Waals surface area contributed by atoms with Crippen LogP contribution in [-0.2, 0) is 0 Å². The predicted molar refractivity (Wildman–Crippen MR) is 73.2 cm³/mol. The Labute approximate surface area is 111 Å². The van der Waals surface area contributed by atoms with Crippen LogP contribution in [0.3, 0.4) is 0 Å². The molecular formula is C14H18BrNO. The Morgan fingerprint density at radius 2 is 2.18 bits per heavy atom. The van der Waals surface area contributed by atoms with Crippen molar-refractivity contribution in [3.05, 3.63) is 33.8 Å². The van der Waals surface area contributed by atoms with Gasteiger partial charge < -0.3 is 4.90 Å². The first-order valence-electron chi connectivity index (χ1n) is 6.20. The first kappa shape index (κ1) is 12.6. The molecule has 0 aromatic heterocycles. The summed E-state index contributed by atoms with van der Waals surface area (Å²) in [6.45, 7) is 4.99. The minimum absolute atomic E-state index is 0.188. The quantitative estimate of drug-likeness (QED) is 0.828. The fraction of sp³-hybridized carbons (Fsp3) is 0.500. The average molecular weight is 296 g/mol. The molecule has 2 nitrogen and oxygen atoms in total. The first-order chi connectivity index (χ1) is 8.13. The number of rotatable bonds is 4. The standard InChI is InChI=1S/C14H18BrNO/c1-3-8-16(12-6-7-12)14(17)13-9-11(15)5-4-10(13)2/h4-5,9,12H,3,6-8H2,1-2H3. The maximum absolute atomic E-state index is 12.5. The molecule has 1 aromatic rings. The summed E-state index contributed by atoms with van der Waals surface area (Å²) in [5.41, 5.74) is 1.89. The molecule has 0 saturated heterocycles. The molecule has 0 N–H and O–H groups in total. The minimum Gasteiger partial charge on any atom is -0.336 e. The second kappa shape index (κ2) is 5.21. The molecule has 1 aromatic carbocycles. The summed E-state index contributed by atoms with van der Waals surface area (Å²) < 4.78 is 0.971. The number of halogens is 1. The lowest BCUT2D eigenvalue weighted by atomic mass is 10.1. The van der Waals surface area contributed by atoms with Crippen LogP contribution in [0.15, 0.2) is 22.7 Å². The number of hydrogen-bond donors (Lipinski definition) is 0. The van der Waals surface area contributed by atoms with E-state index in [1.54, 1.807) is 0 Å². The lowest BCUT2D eigenvalue weighted by molar-refractivity contribution is 0.0742. The summed E-state index contributed by atoms with van der Waals surface area (Å²) in [7, 11) is 0. The predicted octanol–water partition coefficient (Wildman–Crippen LogP) is 3.77. The fourth-order valence-corrected chi connectivity index (χ4v) is 2.42. The summed E-state index contributed by atoms with van der Waals surface area (Å²) in [6.07, 6.45) is 3.35. The van der Waals surface area contributed by atoms with E-state index in [9.17, 15) is 4.79 Å². The Morgan fingerprint density at radius 3 is 2.76 bits per heavy atom. The van der Waals surface area contributed by atoms with Gasteiger partial charge in [-0.2, -0.15) is 0 Å². The van der Waals surface area contributed by atoms with Crippen molar-refractivity contribution >= 4 is 21.8 Å². The summed E-state index contributed by atoms with van der Waals surface area (Å²) in [6, 6.07) is 6.39. The molecule has 17 heavy (non-hydrogen) atoms. The molecule has 1 amide bonds. The van der Waals surface area contributed by atoms with Crippen molar-refractivity contribution < 1.29 is 4.79 Å². The zero-order chi connectivity index (χ0) is 12.4. The Bertz CT molecular complexity index is 426. The molecule has 1 aliphatic rings. The van der Waals surface area contributed by atoms with E-state index in [4.69, 9.17) is 0 Å². The molecule has 0 aliphatic heterocycles. The average Bonchev–Trinajstić information content (AvgIpc) is 3.12. The fourth-order valence-electron chi connectivity index (χ4n) is 2.06. The van der Waals surface area contributed by atoms with Crippen molar-refractivity contribution in [3.8, 4) is 0 Å². The lowest BCUT2D eigenvalue weighted by Crippen LogP contribution is -2.34. The molecule has 0 radical (unpaired) electrons. The van der Waals surface area contributed by atoms with E-state index in [0.717, 1.165) is 28.6 Å². The maximum Gasteiger partial charge on any atom is 0.254 e. The van der Waals surface area contributed by atoms with Crippen LogP contribution in [0.2, 0.25) is 0 Å². The Kier molecular flexibility index (Phi) is 3.87. The normalized spacial score (nSPS) is 14.8. The van der Waals surface area contributed by atoms with Gasteiger partial charge in [-0.25, -0.2) is 0 Å². The summed E-state index contributed by atoms with van der Waals surface area (Å²) >= 11 is 3.43. The van der Waals surface area contributed by atoms with E-state index >= 15 is 0 Å². The third-order valence-corrected chi connectivity index (χ3v) is 3.64. The number of hydrogen-bond acceptors (Lipinski definition) is 1. The van der Waals surface area contributed by atoms with Gasteiger partial charge >= 0.3 is 0 Å². The van der Waals surface area contributed by atoms with Crippen molar-refractivity contribution in [1.29, 1.82) is 0 Å². The van der Waals surface area contributed by atoms with E-state index in [0.29, 0.717) is 6.04 Å². The second-order valence-corrected chi connectivity index (χ2v) is 5.60. The highest BCUT2D eigenvalue weighted by Gasteiger charge is 2.32. The van der Waals surface area contributed by atoms with Gasteiger partial charge in [0.25, 0.3) is 5.91 Å². The smallest absolute Gasteiger partial charge is 0.254 e. The zero-order valence-corrected chi connectivity index (χ0v) is 12.0. The van der Waals surface area contributed by atoms with Gasteiger partial charge in [0.1, 0.15) is 0 Å². The SMILES string of the molecule is CCCN(C(=O)c1cc(Br)ccc1C)C1CC1. The van der Waals surface area contributed by atoms with Gasteiger partial charge in [0, 0.05) is 22.6 Å². The van der Waals surface area contributed by atoms with Crippen LogP contribution >= 0.6 is 15.9 Å². The Morgan fingerprint density at radius 1 is 1.47 bits per heavy atom. The highest BCUT2D eigenvalue weighted by atomic mass is 79.9. The molecule has 0 bridgehead atoms. The molecule has 1 aliphatic carbocycles. The molecule has 1 fully saturated rings. The van der Waals surface area contributed by atoms with Crippen LogP contribution in [0.4, 0.5) is 0 Å². The molecule has 1 saturated carbocycles. The highest BCUT2D eigenvalue weighted by Crippen LogP contribution is 2.29. The molecule has 2 rings (SSSR count). The van der Waals surface area contributed by atoms with Crippen molar-refractivity contribution in [2.75, 3.05) is 6.54 Å². The lowest BCUT2D eigenvalue weighted by Gasteiger charge is -2.22. The van der Waals surface area contributed by atoms with E-state index in [-0.39, 0.29) is 5.91 Å². The van der Waals surface area contributed by atoms with Gasteiger partial charge in [0.2, 0.25) is 0 Å².